The van der Waals surface area contributed by atoms with Gasteiger partial charge in [0.05, 0.1) is 32.4 Å². The Labute approximate surface area is 169 Å². The van der Waals surface area contributed by atoms with Gasteiger partial charge in [0.25, 0.3) is 0 Å². The zero-order chi connectivity index (χ0) is 19.2. The van der Waals surface area contributed by atoms with Crippen LogP contribution in [0.3, 0.4) is 0 Å². The largest absolute Gasteiger partial charge is 0.383 e. The molecule has 0 radical (unpaired) electrons. The first-order valence-corrected chi connectivity index (χ1v) is 11.6. The number of ether oxygens (including phenoxy) is 1. The number of nitrogens with two attached hydrogens (primary N) is 1. The van der Waals surface area contributed by atoms with E-state index < -0.39 is 0 Å². The van der Waals surface area contributed by atoms with E-state index in [-0.39, 0.29) is 12.4 Å². The fraction of sp³-hybridized carbons (Fsp3) is 1.00. The second kappa shape index (κ2) is 10.6. The number of piperidine rings is 2. The van der Waals surface area contributed by atoms with Gasteiger partial charge in [0, 0.05) is 57.7 Å². The Morgan fingerprint density at radius 3 is 3.07 bits per heavy atom. The Kier molecular flexibility index (Phi) is 7.95. The average molecular weight is 399 g/mol. The minimum Gasteiger partial charge on any atom is -0.383 e. The maximum Gasteiger partial charge on any atom is 0.183 e. The van der Waals surface area contributed by atoms with Crippen molar-refractivity contribution in [1.29, 1.82) is 0 Å². The summed E-state index contributed by atoms with van der Waals surface area (Å²) in [5.74, 6) is 1.45. The van der Waals surface area contributed by atoms with E-state index in [1.54, 1.807) is 12.0 Å². The van der Waals surface area contributed by atoms with Gasteiger partial charge in [0.2, 0.25) is 0 Å². The Balaban J connectivity index is 1.24. The molecule has 4 aliphatic rings. The molecule has 0 aromatic rings. The Hall–Kier alpha value is -0.320. The van der Waals surface area contributed by atoms with Gasteiger partial charge in [-0.05, 0) is 19.4 Å². The molecule has 28 heavy (non-hydrogen) atoms. The average Bonchev–Trinajstić information content (AvgIpc) is 3.39. The Morgan fingerprint density at radius 2 is 2.21 bits per heavy atom. The minimum atomic E-state index is 0.157. The summed E-state index contributed by atoms with van der Waals surface area (Å²) >= 11 is 0. The lowest BCUT2D eigenvalue weighted by Crippen LogP contribution is -3.16. The molecular weight excluding hydrogens is 356 g/mol. The third-order valence-electron chi connectivity index (χ3n) is 7.25. The van der Waals surface area contributed by atoms with Crippen molar-refractivity contribution in [1.82, 2.24) is 21.4 Å². The van der Waals surface area contributed by atoms with Crippen LogP contribution in [-0.4, -0.2) is 77.6 Å². The number of likely N-dealkylation sites (tertiary alicyclic amines) is 1. The first-order valence-electron chi connectivity index (χ1n) is 11.6. The molecule has 7 N–H and O–H groups in total. The predicted octanol–water partition coefficient (Wildman–Crippen LogP) is -2.65. The van der Waals surface area contributed by atoms with Crippen LogP contribution in [0.4, 0.5) is 0 Å². The van der Waals surface area contributed by atoms with Crippen LogP contribution in [0.25, 0.3) is 0 Å². The van der Waals surface area contributed by atoms with Crippen LogP contribution in [0, 0.1) is 11.8 Å². The maximum atomic E-state index is 6.11. The van der Waals surface area contributed by atoms with Gasteiger partial charge in [-0.15, -0.1) is 0 Å². The van der Waals surface area contributed by atoms with Gasteiger partial charge >= 0.3 is 0 Å². The molecule has 4 saturated heterocycles. The summed E-state index contributed by atoms with van der Waals surface area (Å²) in [5.41, 5.74) is 3.36. The number of rotatable bonds is 8. The second-order valence-electron chi connectivity index (χ2n) is 9.24. The molecule has 8 heteroatoms. The van der Waals surface area contributed by atoms with Crippen molar-refractivity contribution in [3.63, 3.8) is 0 Å². The Morgan fingerprint density at radius 1 is 1.25 bits per heavy atom. The minimum absolute atomic E-state index is 0.157. The number of hydrogen-bond acceptors (Lipinski definition) is 6. The van der Waals surface area contributed by atoms with E-state index in [4.69, 9.17) is 9.57 Å². The molecule has 0 amide bonds. The molecule has 4 rings (SSSR count). The van der Waals surface area contributed by atoms with Gasteiger partial charge in [-0.3, -0.25) is 15.5 Å². The number of hydroxylamine groups is 1. The fourth-order valence-corrected chi connectivity index (χ4v) is 5.72. The topological polar surface area (TPSA) is 87.6 Å². The van der Waals surface area contributed by atoms with Gasteiger partial charge < -0.3 is 20.3 Å². The summed E-state index contributed by atoms with van der Waals surface area (Å²) in [6.45, 7) is 7.88. The van der Waals surface area contributed by atoms with Crippen molar-refractivity contribution in [2.75, 3.05) is 53.0 Å². The summed E-state index contributed by atoms with van der Waals surface area (Å²) < 4.78 is 5.17. The van der Waals surface area contributed by atoms with Gasteiger partial charge in [-0.25, -0.2) is 0 Å². The lowest BCUT2D eigenvalue weighted by atomic mass is 9.92. The standard InChI is InChI=1S/C20H40N6O2/c1-27-11-9-23-18-12-16(6-8-22-18)19-24-20(28-25-19)17-5-3-10-26(17)14-15-4-2-7-21-13-15/h15-25H,2-14H2,1H3/p+2. The molecule has 0 aromatic carbocycles. The van der Waals surface area contributed by atoms with E-state index in [9.17, 15) is 0 Å². The number of nitrogens with one attached hydrogen (secondary N) is 5. The number of quaternary nitrogens is 2. The Bertz CT molecular complexity index is 464. The molecule has 0 saturated carbocycles. The van der Waals surface area contributed by atoms with Crippen LogP contribution < -0.4 is 31.6 Å². The van der Waals surface area contributed by atoms with Crippen molar-refractivity contribution in [3.05, 3.63) is 0 Å². The maximum absolute atomic E-state index is 6.11. The molecule has 0 aromatic heterocycles. The van der Waals surface area contributed by atoms with E-state index in [2.05, 4.69) is 26.7 Å². The monoisotopic (exact) mass is 398 g/mol. The zero-order valence-electron chi connectivity index (χ0n) is 17.6. The molecule has 0 bridgehead atoms. The normalized spacial score (nSPS) is 42.1. The molecule has 0 aliphatic carbocycles. The van der Waals surface area contributed by atoms with E-state index >= 15 is 0 Å². The van der Waals surface area contributed by atoms with E-state index in [0.717, 1.165) is 19.1 Å². The molecule has 0 spiro atoms. The summed E-state index contributed by atoms with van der Waals surface area (Å²) in [6.07, 6.45) is 8.66. The van der Waals surface area contributed by atoms with Crippen LogP contribution >= 0.6 is 0 Å². The van der Waals surface area contributed by atoms with Crippen LogP contribution in [0.2, 0.25) is 0 Å². The van der Waals surface area contributed by atoms with Crippen molar-refractivity contribution in [2.24, 2.45) is 11.8 Å². The third kappa shape index (κ3) is 5.43. The predicted molar refractivity (Wildman–Crippen MR) is 107 cm³/mol. The van der Waals surface area contributed by atoms with Gasteiger partial charge in [0.1, 0.15) is 12.2 Å². The number of hydrogen-bond donors (Lipinski definition) is 6. The molecular formula is C20H42N6O2+2. The molecule has 7 atom stereocenters. The van der Waals surface area contributed by atoms with E-state index in [0.29, 0.717) is 18.1 Å². The van der Waals surface area contributed by atoms with Crippen LogP contribution in [0.15, 0.2) is 0 Å². The second-order valence-corrected chi connectivity index (χ2v) is 9.24. The molecule has 4 aliphatic heterocycles. The zero-order valence-corrected chi connectivity index (χ0v) is 17.6. The third-order valence-corrected chi connectivity index (χ3v) is 7.25. The lowest BCUT2D eigenvalue weighted by molar-refractivity contribution is -0.919. The van der Waals surface area contributed by atoms with Crippen molar-refractivity contribution in [3.8, 4) is 0 Å². The SMILES string of the molecule is COCCNC1CC(C2NOC(C3CCC[NH+]3CC3CCCNC3)N2)CC[NH2+]1. The smallest absolute Gasteiger partial charge is 0.183 e. The van der Waals surface area contributed by atoms with Crippen molar-refractivity contribution >= 4 is 0 Å². The highest BCUT2D eigenvalue weighted by Gasteiger charge is 2.44. The highest BCUT2D eigenvalue weighted by atomic mass is 16.7. The number of methoxy groups -OCH3 is 1. The molecule has 4 heterocycles. The quantitative estimate of drug-likeness (QED) is 0.251. The van der Waals surface area contributed by atoms with E-state index in [1.165, 1.54) is 71.2 Å². The molecule has 4 fully saturated rings. The summed E-state index contributed by atoms with van der Waals surface area (Å²) in [6, 6.07) is 0.588. The summed E-state index contributed by atoms with van der Waals surface area (Å²) in [7, 11) is 1.76. The fourth-order valence-electron chi connectivity index (χ4n) is 5.72. The molecule has 8 nitrogen and oxygen atoms in total. The highest BCUT2D eigenvalue weighted by molar-refractivity contribution is 4.84. The molecule has 162 valence electrons. The first kappa shape index (κ1) is 20.9. The van der Waals surface area contributed by atoms with Crippen molar-refractivity contribution in [2.45, 2.75) is 63.1 Å². The molecule has 7 unspecified atom stereocenters. The van der Waals surface area contributed by atoms with Crippen molar-refractivity contribution < 1.29 is 19.8 Å². The van der Waals surface area contributed by atoms with Crippen LogP contribution in [0.5, 0.6) is 0 Å². The van der Waals surface area contributed by atoms with Crippen LogP contribution in [0.1, 0.15) is 38.5 Å². The first-order chi connectivity index (χ1) is 13.8. The van der Waals surface area contributed by atoms with Gasteiger partial charge in [0.15, 0.2) is 6.23 Å². The van der Waals surface area contributed by atoms with E-state index in [1.807, 2.05) is 0 Å². The summed E-state index contributed by atoms with van der Waals surface area (Å²) in [4.78, 5) is 7.86. The van der Waals surface area contributed by atoms with Crippen LogP contribution in [-0.2, 0) is 9.57 Å². The van der Waals surface area contributed by atoms with Gasteiger partial charge in [-0.1, -0.05) is 0 Å². The van der Waals surface area contributed by atoms with Gasteiger partial charge in [-0.2, -0.15) is 5.48 Å². The highest BCUT2D eigenvalue weighted by Crippen LogP contribution is 2.20. The lowest BCUT2D eigenvalue weighted by Gasteiger charge is -2.32. The summed E-state index contributed by atoms with van der Waals surface area (Å²) in [5, 5.41) is 13.4.